The van der Waals surface area contributed by atoms with Gasteiger partial charge in [-0.1, -0.05) is 6.07 Å². The summed E-state index contributed by atoms with van der Waals surface area (Å²) in [6.45, 7) is 4.70. The summed E-state index contributed by atoms with van der Waals surface area (Å²) in [7, 11) is 0. The molecular formula is C25H26N4O3. The van der Waals surface area contributed by atoms with Crippen LogP contribution in [0.15, 0.2) is 59.7 Å². The quantitative estimate of drug-likeness (QED) is 0.485. The van der Waals surface area contributed by atoms with Crippen LogP contribution in [0.1, 0.15) is 39.3 Å². The highest BCUT2D eigenvalue weighted by molar-refractivity contribution is 5.96. The van der Waals surface area contributed by atoms with E-state index in [4.69, 9.17) is 14.6 Å². The summed E-state index contributed by atoms with van der Waals surface area (Å²) < 4.78 is 13.9. The lowest BCUT2D eigenvalue weighted by molar-refractivity contribution is -0.0365. The van der Waals surface area contributed by atoms with Crippen LogP contribution in [0, 0.1) is 0 Å². The highest BCUT2D eigenvalue weighted by Crippen LogP contribution is 2.35. The number of nitrogens with one attached hydrogen (secondary N) is 1. The van der Waals surface area contributed by atoms with E-state index < -0.39 is 0 Å². The Morgan fingerprint density at radius 2 is 1.97 bits per heavy atom. The smallest absolute Gasteiger partial charge is 0.248 e. The third kappa shape index (κ3) is 4.03. The molecule has 4 heterocycles. The fraction of sp³-hybridized carbons (Fsp3) is 0.320. The van der Waals surface area contributed by atoms with Crippen LogP contribution in [0.2, 0.25) is 0 Å². The number of pyridine rings is 2. The van der Waals surface area contributed by atoms with E-state index in [0.717, 1.165) is 59.2 Å². The molecule has 0 amide bonds. The molecule has 3 aromatic heterocycles. The molecule has 1 aliphatic rings. The first-order chi connectivity index (χ1) is 15.6. The zero-order valence-electron chi connectivity index (χ0n) is 18.2. The van der Waals surface area contributed by atoms with E-state index in [1.54, 1.807) is 18.5 Å². The number of fused-ring (bicyclic) bond motifs is 1. The number of aromatic nitrogens is 4. The molecule has 1 atom stereocenters. The van der Waals surface area contributed by atoms with Gasteiger partial charge >= 0.3 is 0 Å². The van der Waals surface area contributed by atoms with Gasteiger partial charge in [-0.25, -0.2) is 9.67 Å². The molecule has 1 unspecified atom stereocenters. The second kappa shape index (κ2) is 8.59. The van der Waals surface area contributed by atoms with E-state index in [-0.39, 0.29) is 17.9 Å². The first kappa shape index (κ1) is 20.5. The summed E-state index contributed by atoms with van der Waals surface area (Å²) in [5.41, 5.74) is 4.47. The summed E-state index contributed by atoms with van der Waals surface area (Å²) >= 11 is 0. The van der Waals surface area contributed by atoms with Crippen molar-refractivity contribution in [3.05, 3.63) is 65.2 Å². The largest absolute Gasteiger partial charge is 0.475 e. The van der Waals surface area contributed by atoms with Crippen molar-refractivity contribution in [1.82, 2.24) is 19.7 Å². The van der Waals surface area contributed by atoms with Crippen molar-refractivity contribution in [2.75, 3.05) is 6.61 Å². The molecule has 0 spiro atoms. The van der Waals surface area contributed by atoms with Crippen LogP contribution in [-0.4, -0.2) is 32.5 Å². The van der Waals surface area contributed by atoms with E-state index in [0.29, 0.717) is 5.88 Å². The molecule has 0 aliphatic carbocycles. The minimum absolute atomic E-state index is 0.0328. The predicted octanol–water partition coefficient (Wildman–Crippen LogP) is 4.94. The molecule has 5 rings (SSSR count). The first-order valence-electron chi connectivity index (χ1n) is 11.0. The first-order valence-corrected chi connectivity index (χ1v) is 11.0. The Morgan fingerprint density at radius 3 is 2.75 bits per heavy atom. The van der Waals surface area contributed by atoms with Crippen LogP contribution in [-0.2, 0) is 4.74 Å². The Morgan fingerprint density at radius 1 is 1.09 bits per heavy atom. The molecule has 1 fully saturated rings. The van der Waals surface area contributed by atoms with Crippen LogP contribution in [0.25, 0.3) is 33.3 Å². The lowest BCUT2D eigenvalue weighted by atomic mass is 10.0. The Hall–Kier alpha value is -3.45. The van der Waals surface area contributed by atoms with Crippen LogP contribution in [0.3, 0.4) is 0 Å². The molecule has 1 aliphatic heterocycles. The monoisotopic (exact) mass is 430 g/mol. The number of benzene rings is 1. The van der Waals surface area contributed by atoms with Gasteiger partial charge in [0, 0.05) is 42.1 Å². The van der Waals surface area contributed by atoms with E-state index in [1.807, 2.05) is 42.8 Å². The van der Waals surface area contributed by atoms with Crippen molar-refractivity contribution >= 4 is 10.9 Å². The standard InChI is InChI=1S/C25H26N4O3/c1-16(2)32-23-15-19(9-11-27-23)25-20-13-17(18-8-10-26-22(30)14-18)6-7-21(20)29(28-25)24-5-3-4-12-31-24/h6-11,13-16,24H,3-5,12H2,1-2H3,(H,26,30). The number of hydrogen-bond acceptors (Lipinski definition) is 5. The normalized spacial score (nSPS) is 16.5. The second-order valence-corrected chi connectivity index (χ2v) is 8.34. The van der Waals surface area contributed by atoms with Crippen LogP contribution in [0.4, 0.5) is 0 Å². The Labute approximate surface area is 186 Å². The molecule has 7 heteroatoms. The predicted molar refractivity (Wildman–Crippen MR) is 124 cm³/mol. The van der Waals surface area contributed by atoms with Gasteiger partial charge < -0.3 is 14.5 Å². The molecule has 32 heavy (non-hydrogen) atoms. The lowest BCUT2D eigenvalue weighted by Crippen LogP contribution is -2.19. The maximum Gasteiger partial charge on any atom is 0.248 e. The number of aromatic amines is 1. The molecule has 1 N–H and O–H groups in total. The Bertz CT molecular complexity index is 1300. The van der Waals surface area contributed by atoms with Gasteiger partial charge in [0.2, 0.25) is 11.4 Å². The number of hydrogen-bond donors (Lipinski definition) is 1. The van der Waals surface area contributed by atoms with E-state index >= 15 is 0 Å². The molecule has 1 aromatic carbocycles. The minimum atomic E-state index is -0.126. The van der Waals surface area contributed by atoms with Crippen molar-refractivity contribution < 1.29 is 9.47 Å². The number of ether oxygens (including phenoxy) is 2. The van der Waals surface area contributed by atoms with Crippen LogP contribution in [0.5, 0.6) is 5.88 Å². The summed E-state index contributed by atoms with van der Waals surface area (Å²) in [4.78, 5) is 18.9. The summed E-state index contributed by atoms with van der Waals surface area (Å²) in [5, 5.41) is 6.00. The molecule has 1 saturated heterocycles. The third-order valence-electron chi connectivity index (χ3n) is 5.61. The van der Waals surface area contributed by atoms with E-state index in [9.17, 15) is 4.79 Å². The maximum absolute atomic E-state index is 11.8. The second-order valence-electron chi connectivity index (χ2n) is 8.34. The fourth-order valence-corrected chi connectivity index (χ4v) is 4.16. The average molecular weight is 431 g/mol. The van der Waals surface area contributed by atoms with Gasteiger partial charge in [-0.2, -0.15) is 5.10 Å². The average Bonchev–Trinajstić information content (AvgIpc) is 3.18. The van der Waals surface area contributed by atoms with Gasteiger partial charge in [-0.3, -0.25) is 4.79 Å². The molecule has 0 saturated carbocycles. The van der Waals surface area contributed by atoms with Gasteiger partial charge in [0.1, 0.15) is 5.69 Å². The van der Waals surface area contributed by atoms with E-state index in [1.165, 1.54) is 0 Å². The zero-order valence-corrected chi connectivity index (χ0v) is 18.2. The van der Waals surface area contributed by atoms with Crippen molar-refractivity contribution in [1.29, 1.82) is 0 Å². The van der Waals surface area contributed by atoms with Gasteiger partial charge in [0.15, 0.2) is 6.23 Å². The molecule has 4 aromatic rings. The maximum atomic E-state index is 11.8. The van der Waals surface area contributed by atoms with Crippen molar-refractivity contribution in [2.45, 2.75) is 45.4 Å². The summed E-state index contributed by atoms with van der Waals surface area (Å²) in [6, 6.07) is 13.6. The lowest BCUT2D eigenvalue weighted by Gasteiger charge is -2.23. The molecule has 7 nitrogen and oxygen atoms in total. The number of nitrogens with zero attached hydrogens (tertiary/aromatic N) is 3. The molecule has 164 valence electrons. The minimum Gasteiger partial charge on any atom is -0.475 e. The highest BCUT2D eigenvalue weighted by atomic mass is 16.5. The molecule has 0 radical (unpaired) electrons. The van der Waals surface area contributed by atoms with Crippen LogP contribution >= 0.6 is 0 Å². The molecular weight excluding hydrogens is 404 g/mol. The van der Waals surface area contributed by atoms with Gasteiger partial charge in [0.05, 0.1) is 11.6 Å². The molecule has 0 bridgehead atoms. The SMILES string of the molecule is CC(C)Oc1cc(-c2nn(C3CCCCO3)c3ccc(-c4cc[nH]c(=O)c4)cc23)ccn1. The number of H-pyrrole nitrogens is 1. The topological polar surface area (TPSA) is 82.0 Å². The summed E-state index contributed by atoms with van der Waals surface area (Å²) in [5.74, 6) is 0.569. The zero-order chi connectivity index (χ0) is 22.1. The van der Waals surface area contributed by atoms with Crippen LogP contribution < -0.4 is 10.3 Å². The number of rotatable bonds is 5. The fourth-order valence-electron chi connectivity index (χ4n) is 4.16. The Balaban J connectivity index is 1.68. The van der Waals surface area contributed by atoms with Crippen molar-refractivity contribution in [2.24, 2.45) is 0 Å². The summed E-state index contributed by atoms with van der Waals surface area (Å²) in [6.07, 6.45) is 6.49. The highest BCUT2D eigenvalue weighted by Gasteiger charge is 2.22. The third-order valence-corrected chi connectivity index (χ3v) is 5.61. The Kier molecular flexibility index (Phi) is 5.49. The van der Waals surface area contributed by atoms with Crippen molar-refractivity contribution in [3.63, 3.8) is 0 Å². The van der Waals surface area contributed by atoms with Gasteiger partial charge in [0.25, 0.3) is 0 Å². The van der Waals surface area contributed by atoms with E-state index in [2.05, 4.69) is 22.1 Å². The van der Waals surface area contributed by atoms with Gasteiger partial charge in [-0.15, -0.1) is 0 Å². The van der Waals surface area contributed by atoms with Gasteiger partial charge in [-0.05, 0) is 68.5 Å². The van der Waals surface area contributed by atoms with Crippen molar-refractivity contribution in [3.8, 4) is 28.3 Å².